The number of nitrogens with two attached hydrogens (primary N) is 1. The summed E-state index contributed by atoms with van der Waals surface area (Å²) in [6, 6.07) is 14.8. The van der Waals surface area contributed by atoms with E-state index in [0.717, 1.165) is 39.1 Å². The highest BCUT2D eigenvalue weighted by Gasteiger charge is 2.17. The van der Waals surface area contributed by atoms with Crippen molar-refractivity contribution in [2.75, 3.05) is 44.2 Å². The fourth-order valence-corrected chi connectivity index (χ4v) is 4.03. The molecule has 1 fully saturated rings. The molecule has 0 spiro atoms. The molecule has 8 heteroatoms. The lowest BCUT2D eigenvalue weighted by molar-refractivity contribution is 0.0950. The Balaban J connectivity index is 1.43. The molecule has 0 saturated carbocycles. The average molecular weight is 417 g/mol. The van der Waals surface area contributed by atoms with E-state index >= 15 is 0 Å². The Morgan fingerprint density at radius 3 is 2.41 bits per heavy atom. The summed E-state index contributed by atoms with van der Waals surface area (Å²) in [4.78, 5) is 17.2. The normalized spacial score (nSPS) is 15.3. The van der Waals surface area contributed by atoms with Crippen LogP contribution in [0.4, 0.5) is 5.69 Å². The van der Waals surface area contributed by atoms with Gasteiger partial charge in [0.05, 0.1) is 4.90 Å². The number of benzene rings is 2. The number of carbonyl (C=O) groups is 1. The molecule has 29 heavy (non-hydrogen) atoms. The molecule has 1 heterocycles. The molecule has 7 nitrogen and oxygen atoms in total. The fourth-order valence-electron chi connectivity index (χ4n) is 3.49. The molecular weight excluding hydrogens is 388 g/mol. The SMILES string of the molecule is Cc1ccc(S(N)(=O)=O)cc1C(=O)NCCCN1CCN(c2ccccc2)CC1. The van der Waals surface area contributed by atoms with Crippen molar-refractivity contribution in [1.29, 1.82) is 0 Å². The molecule has 1 saturated heterocycles. The smallest absolute Gasteiger partial charge is 0.251 e. The van der Waals surface area contributed by atoms with Gasteiger partial charge in [0.1, 0.15) is 0 Å². The van der Waals surface area contributed by atoms with Crippen molar-refractivity contribution < 1.29 is 13.2 Å². The molecule has 2 aromatic carbocycles. The van der Waals surface area contributed by atoms with Gasteiger partial charge < -0.3 is 10.2 Å². The summed E-state index contributed by atoms with van der Waals surface area (Å²) < 4.78 is 23.0. The first-order valence-electron chi connectivity index (χ1n) is 9.78. The van der Waals surface area contributed by atoms with Crippen molar-refractivity contribution in [3.63, 3.8) is 0 Å². The number of amides is 1. The van der Waals surface area contributed by atoms with Gasteiger partial charge in [-0.25, -0.2) is 13.6 Å². The van der Waals surface area contributed by atoms with E-state index in [2.05, 4.69) is 39.4 Å². The number of anilines is 1. The molecule has 1 aliphatic rings. The predicted octanol–water partition coefficient (Wildman–Crippen LogP) is 1.58. The highest BCUT2D eigenvalue weighted by molar-refractivity contribution is 7.89. The van der Waals surface area contributed by atoms with E-state index in [0.29, 0.717) is 17.7 Å². The number of nitrogens with zero attached hydrogens (tertiary/aromatic N) is 2. The molecule has 0 radical (unpaired) electrons. The third-order valence-electron chi connectivity index (χ3n) is 5.21. The van der Waals surface area contributed by atoms with E-state index < -0.39 is 10.0 Å². The second-order valence-electron chi connectivity index (χ2n) is 7.30. The number of hydrogen-bond acceptors (Lipinski definition) is 5. The first kappa shape index (κ1) is 21.3. The maximum absolute atomic E-state index is 12.4. The van der Waals surface area contributed by atoms with Crippen molar-refractivity contribution in [3.8, 4) is 0 Å². The minimum Gasteiger partial charge on any atom is -0.369 e. The first-order valence-corrected chi connectivity index (χ1v) is 11.3. The van der Waals surface area contributed by atoms with Gasteiger partial charge in [0.2, 0.25) is 10.0 Å². The lowest BCUT2D eigenvalue weighted by Gasteiger charge is -2.36. The molecule has 0 aromatic heterocycles. The lowest BCUT2D eigenvalue weighted by Crippen LogP contribution is -2.47. The molecule has 0 bridgehead atoms. The van der Waals surface area contributed by atoms with Crippen molar-refractivity contribution in [2.24, 2.45) is 5.14 Å². The Morgan fingerprint density at radius 2 is 1.76 bits per heavy atom. The van der Waals surface area contributed by atoms with Gasteiger partial charge >= 0.3 is 0 Å². The summed E-state index contributed by atoms with van der Waals surface area (Å²) in [7, 11) is -3.83. The average Bonchev–Trinajstić information content (AvgIpc) is 2.71. The Hall–Kier alpha value is -2.42. The van der Waals surface area contributed by atoms with Gasteiger partial charge in [-0.05, 0) is 49.7 Å². The zero-order valence-corrected chi connectivity index (χ0v) is 17.5. The summed E-state index contributed by atoms with van der Waals surface area (Å²) in [6.45, 7) is 7.21. The van der Waals surface area contributed by atoms with E-state index in [1.807, 2.05) is 6.07 Å². The Labute approximate surface area is 172 Å². The van der Waals surface area contributed by atoms with Crippen molar-refractivity contribution in [2.45, 2.75) is 18.2 Å². The number of para-hydroxylation sites is 1. The van der Waals surface area contributed by atoms with Crippen LogP contribution in [0.15, 0.2) is 53.4 Å². The summed E-state index contributed by atoms with van der Waals surface area (Å²) >= 11 is 0. The summed E-state index contributed by atoms with van der Waals surface area (Å²) in [5.41, 5.74) is 2.32. The predicted molar refractivity (Wildman–Crippen MR) is 115 cm³/mol. The minimum atomic E-state index is -3.83. The van der Waals surface area contributed by atoms with E-state index in [4.69, 9.17) is 5.14 Å². The molecule has 0 unspecified atom stereocenters. The van der Waals surface area contributed by atoms with Crippen molar-refractivity contribution in [1.82, 2.24) is 10.2 Å². The summed E-state index contributed by atoms with van der Waals surface area (Å²) in [6.07, 6.45) is 0.838. The van der Waals surface area contributed by atoms with Crippen LogP contribution in [0.2, 0.25) is 0 Å². The number of primary sulfonamides is 1. The maximum Gasteiger partial charge on any atom is 0.251 e. The van der Waals surface area contributed by atoms with E-state index in [-0.39, 0.29) is 10.8 Å². The van der Waals surface area contributed by atoms with Crippen LogP contribution in [0.5, 0.6) is 0 Å². The van der Waals surface area contributed by atoms with E-state index in [9.17, 15) is 13.2 Å². The second-order valence-corrected chi connectivity index (χ2v) is 8.86. The lowest BCUT2D eigenvalue weighted by atomic mass is 10.1. The molecule has 3 rings (SSSR count). The van der Waals surface area contributed by atoms with Crippen LogP contribution in [0.1, 0.15) is 22.3 Å². The third-order valence-corrected chi connectivity index (χ3v) is 6.12. The molecule has 3 N–H and O–H groups in total. The van der Waals surface area contributed by atoms with Crippen LogP contribution in [0.3, 0.4) is 0 Å². The van der Waals surface area contributed by atoms with Gasteiger partial charge in [-0.15, -0.1) is 0 Å². The third kappa shape index (κ3) is 5.79. The van der Waals surface area contributed by atoms with E-state index in [1.165, 1.54) is 17.8 Å². The highest BCUT2D eigenvalue weighted by atomic mass is 32.2. The molecule has 1 amide bonds. The molecule has 0 atom stereocenters. The largest absolute Gasteiger partial charge is 0.369 e. The Morgan fingerprint density at radius 1 is 1.07 bits per heavy atom. The van der Waals surface area contributed by atoms with Gasteiger partial charge in [0.25, 0.3) is 5.91 Å². The van der Waals surface area contributed by atoms with Crippen LogP contribution in [-0.4, -0.2) is 58.5 Å². The van der Waals surface area contributed by atoms with Crippen LogP contribution in [0.25, 0.3) is 0 Å². The highest BCUT2D eigenvalue weighted by Crippen LogP contribution is 2.16. The number of carbonyl (C=O) groups excluding carboxylic acids is 1. The van der Waals surface area contributed by atoms with Gasteiger partial charge in [0, 0.05) is 44.0 Å². The standard InChI is InChI=1S/C21H28N4O3S/c1-17-8-9-19(29(22,27)28)16-20(17)21(26)23-10-5-11-24-12-14-25(15-13-24)18-6-3-2-4-7-18/h2-4,6-9,16H,5,10-15H2,1H3,(H,23,26)(H2,22,27,28). The molecule has 1 aliphatic heterocycles. The fraction of sp³-hybridized carbons (Fsp3) is 0.381. The number of piperazine rings is 1. The quantitative estimate of drug-likeness (QED) is 0.668. The maximum atomic E-state index is 12.4. The van der Waals surface area contributed by atoms with Crippen LogP contribution < -0.4 is 15.4 Å². The number of nitrogens with one attached hydrogen (secondary N) is 1. The van der Waals surface area contributed by atoms with Gasteiger partial charge in [-0.3, -0.25) is 9.69 Å². The number of rotatable bonds is 7. The van der Waals surface area contributed by atoms with Gasteiger partial charge in [-0.2, -0.15) is 0 Å². The van der Waals surface area contributed by atoms with Crippen molar-refractivity contribution in [3.05, 3.63) is 59.7 Å². The van der Waals surface area contributed by atoms with E-state index in [1.54, 1.807) is 13.0 Å². The van der Waals surface area contributed by atoms with Crippen LogP contribution in [0, 0.1) is 6.92 Å². The second kappa shape index (κ2) is 9.39. The Bertz CT molecular complexity index is 940. The van der Waals surface area contributed by atoms with Crippen LogP contribution >= 0.6 is 0 Å². The zero-order valence-electron chi connectivity index (χ0n) is 16.7. The molecular formula is C21H28N4O3S. The van der Waals surface area contributed by atoms with Crippen molar-refractivity contribution >= 4 is 21.6 Å². The first-order chi connectivity index (χ1) is 13.8. The Kier molecular flexibility index (Phi) is 6.89. The van der Waals surface area contributed by atoms with Gasteiger partial charge in [0.15, 0.2) is 0 Å². The number of sulfonamides is 1. The topological polar surface area (TPSA) is 95.7 Å². The number of aryl methyl sites for hydroxylation is 1. The number of hydrogen-bond donors (Lipinski definition) is 2. The molecule has 2 aromatic rings. The molecule has 0 aliphatic carbocycles. The zero-order chi connectivity index (χ0) is 20.9. The molecule has 156 valence electrons. The summed E-state index contributed by atoms with van der Waals surface area (Å²) in [5.74, 6) is -0.276. The monoisotopic (exact) mass is 416 g/mol. The summed E-state index contributed by atoms with van der Waals surface area (Å²) in [5, 5.41) is 8.04. The van der Waals surface area contributed by atoms with Crippen LogP contribution in [-0.2, 0) is 10.0 Å². The minimum absolute atomic E-state index is 0.0514. The van der Waals surface area contributed by atoms with Gasteiger partial charge in [-0.1, -0.05) is 24.3 Å².